The zero-order valence-electron chi connectivity index (χ0n) is 11.1. The minimum absolute atomic E-state index is 0.161. The van der Waals surface area contributed by atoms with Crippen molar-refractivity contribution in [3.05, 3.63) is 34.7 Å². The van der Waals surface area contributed by atoms with Gasteiger partial charge in [0.25, 0.3) is 0 Å². The second-order valence-corrected chi connectivity index (χ2v) is 4.92. The predicted molar refractivity (Wildman–Crippen MR) is 74.7 cm³/mol. The molecule has 5 nitrogen and oxygen atoms in total. The van der Waals surface area contributed by atoms with Gasteiger partial charge in [-0.1, -0.05) is 17.7 Å². The molecule has 2 rings (SSSR count). The van der Waals surface area contributed by atoms with E-state index in [2.05, 4.69) is 10.2 Å². The Kier molecular flexibility index (Phi) is 4.74. The molecule has 0 aliphatic carbocycles. The normalized spacial score (nSPS) is 10.7. The first-order valence-electron chi connectivity index (χ1n) is 6.37. The highest BCUT2D eigenvalue weighted by molar-refractivity contribution is 6.31. The highest BCUT2D eigenvalue weighted by atomic mass is 35.5. The Balaban J connectivity index is 2.02. The molecule has 2 aromatic rings. The lowest BCUT2D eigenvalue weighted by Crippen LogP contribution is -1.95. The van der Waals surface area contributed by atoms with Crippen molar-refractivity contribution in [3.8, 4) is 11.5 Å². The first-order valence-corrected chi connectivity index (χ1v) is 6.75. The van der Waals surface area contributed by atoms with Crippen molar-refractivity contribution in [1.82, 2.24) is 10.2 Å². The predicted octanol–water partition coefficient (Wildman–Crippen LogP) is 3.50. The smallest absolute Gasteiger partial charge is 0.303 e. The van der Waals surface area contributed by atoms with Crippen LogP contribution in [0, 0.1) is 6.92 Å². The van der Waals surface area contributed by atoms with Crippen molar-refractivity contribution in [2.45, 2.75) is 32.6 Å². The number of aromatic nitrogens is 2. The molecule has 0 aliphatic rings. The second kappa shape index (κ2) is 6.52. The van der Waals surface area contributed by atoms with Gasteiger partial charge in [-0.3, -0.25) is 4.79 Å². The summed E-state index contributed by atoms with van der Waals surface area (Å²) in [6, 6.07) is 5.52. The number of hydrogen-bond acceptors (Lipinski definition) is 4. The number of hydrogen-bond donors (Lipinski definition) is 1. The molecule has 1 aromatic carbocycles. The number of carboxylic acid groups (broad SMARTS) is 1. The number of unbranched alkanes of at least 4 members (excludes halogenated alkanes) is 1. The van der Waals surface area contributed by atoms with E-state index in [-0.39, 0.29) is 6.42 Å². The van der Waals surface area contributed by atoms with Gasteiger partial charge < -0.3 is 9.52 Å². The number of aliphatic carboxylic acids is 1. The largest absolute Gasteiger partial charge is 0.481 e. The molecule has 0 saturated carbocycles. The van der Waals surface area contributed by atoms with Crippen LogP contribution in [0.1, 0.15) is 30.7 Å². The molecule has 0 aliphatic heterocycles. The third-order valence-electron chi connectivity index (χ3n) is 3.00. The number of benzene rings is 1. The molecule has 1 N–H and O–H groups in total. The van der Waals surface area contributed by atoms with E-state index in [0.717, 1.165) is 11.1 Å². The average Bonchev–Trinajstić information content (AvgIpc) is 2.86. The van der Waals surface area contributed by atoms with Crippen molar-refractivity contribution in [2.75, 3.05) is 0 Å². The monoisotopic (exact) mass is 294 g/mol. The number of carboxylic acids is 1. The Hall–Kier alpha value is -1.88. The molecule has 1 aromatic heterocycles. The molecule has 0 amide bonds. The van der Waals surface area contributed by atoms with Gasteiger partial charge in [0.2, 0.25) is 11.8 Å². The summed E-state index contributed by atoms with van der Waals surface area (Å²) in [5, 5.41) is 17.2. The molecule has 0 radical (unpaired) electrons. The van der Waals surface area contributed by atoms with E-state index in [4.69, 9.17) is 21.1 Å². The van der Waals surface area contributed by atoms with Crippen LogP contribution in [-0.2, 0) is 11.2 Å². The molecular formula is C14H15ClN2O3. The topological polar surface area (TPSA) is 76.2 Å². The lowest BCUT2D eigenvalue weighted by molar-refractivity contribution is -0.137. The van der Waals surface area contributed by atoms with Gasteiger partial charge in [0.05, 0.1) is 0 Å². The first kappa shape index (κ1) is 14.5. The maximum Gasteiger partial charge on any atom is 0.303 e. The summed E-state index contributed by atoms with van der Waals surface area (Å²) in [6.45, 7) is 1.90. The molecule has 0 atom stereocenters. The van der Waals surface area contributed by atoms with Gasteiger partial charge in [0, 0.05) is 23.4 Å². The highest BCUT2D eigenvalue weighted by Crippen LogP contribution is 2.27. The number of aryl methyl sites for hydroxylation is 1. The van der Waals surface area contributed by atoms with Crippen LogP contribution < -0.4 is 0 Å². The number of carbonyl (C=O) groups is 1. The molecule has 0 spiro atoms. The Bertz CT molecular complexity index is 610. The van der Waals surface area contributed by atoms with Crippen molar-refractivity contribution < 1.29 is 14.3 Å². The second-order valence-electron chi connectivity index (χ2n) is 4.51. The molecule has 106 valence electrons. The van der Waals surface area contributed by atoms with E-state index < -0.39 is 5.97 Å². The Labute approximate surface area is 121 Å². The van der Waals surface area contributed by atoms with Crippen LogP contribution in [0.5, 0.6) is 0 Å². The summed E-state index contributed by atoms with van der Waals surface area (Å²) in [5.74, 6) is 0.175. The van der Waals surface area contributed by atoms with E-state index in [1.165, 1.54) is 0 Å². The fraction of sp³-hybridized carbons (Fsp3) is 0.357. The van der Waals surface area contributed by atoms with E-state index in [1.807, 2.05) is 25.1 Å². The van der Waals surface area contributed by atoms with Crippen LogP contribution in [0.3, 0.4) is 0 Å². The molecule has 6 heteroatoms. The van der Waals surface area contributed by atoms with E-state index in [0.29, 0.717) is 36.1 Å². The number of halogens is 1. The zero-order valence-corrected chi connectivity index (χ0v) is 11.9. The highest BCUT2D eigenvalue weighted by Gasteiger charge is 2.12. The van der Waals surface area contributed by atoms with Gasteiger partial charge in [-0.2, -0.15) is 0 Å². The Morgan fingerprint density at radius 2 is 2.15 bits per heavy atom. The molecule has 0 fully saturated rings. The number of rotatable bonds is 6. The maximum atomic E-state index is 10.4. The summed E-state index contributed by atoms with van der Waals surface area (Å²) < 4.78 is 5.58. The van der Waals surface area contributed by atoms with Gasteiger partial charge in [-0.25, -0.2) is 0 Å². The van der Waals surface area contributed by atoms with Crippen LogP contribution in [-0.4, -0.2) is 21.3 Å². The van der Waals surface area contributed by atoms with Crippen molar-refractivity contribution >= 4 is 17.6 Å². The van der Waals surface area contributed by atoms with E-state index >= 15 is 0 Å². The summed E-state index contributed by atoms with van der Waals surface area (Å²) >= 11 is 6.06. The Morgan fingerprint density at radius 3 is 2.90 bits per heavy atom. The summed E-state index contributed by atoms with van der Waals surface area (Å²) in [5.41, 5.74) is 1.72. The van der Waals surface area contributed by atoms with Crippen molar-refractivity contribution in [3.63, 3.8) is 0 Å². The van der Waals surface area contributed by atoms with Crippen LogP contribution in [0.4, 0.5) is 0 Å². The van der Waals surface area contributed by atoms with Gasteiger partial charge in [-0.15, -0.1) is 10.2 Å². The molecule has 0 bridgehead atoms. The summed E-state index contributed by atoms with van der Waals surface area (Å²) in [4.78, 5) is 10.4. The van der Waals surface area contributed by atoms with Crippen LogP contribution in [0.15, 0.2) is 22.6 Å². The maximum absolute atomic E-state index is 10.4. The summed E-state index contributed by atoms with van der Waals surface area (Å²) in [6.07, 6.45) is 2.06. The molecule has 20 heavy (non-hydrogen) atoms. The third-order valence-corrected chi connectivity index (χ3v) is 3.41. The molecule has 1 heterocycles. The molecule has 0 unspecified atom stereocenters. The standard InChI is InChI=1S/C14H15ClN2O3/c1-9-10(5-4-6-11(9)15)14-17-16-12(20-14)7-2-3-8-13(18)19/h4-6H,2-3,7-8H2,1H3,(H,18,19). The average molecular weight is 295 g/mol. The lowest BCUT2D eigenvalue weighted by atomic mass is 10.1. The van der Waals surface area contributed by atoms with Gasteiger partial charge in [-0.05, 0) is 37.5 Å². The summed E-state index contributed by atoms with van der Waals surface area (Å²) in [7, 11) is 0. The van der Waals surface area contributed by atoms with E-state index in [9.17, 15) is 4.79 Å². The van der Waals surface area contributed by atoms with Crippen molar-refractivity contribution in [1.29, 1.82) is 0 Å². The Morgan fingerprint density at radius 1 is 1.35 bits per heavy atom. The van der Waals surface area contributed by atoms with Crippen molar-refractivity contribution in [2.24, 2.45) is 0 Å². The first-order chi connectivity index (χ1) is 9.58. The van der Waals surface area contributed by atoms with Gasteiger partial charge >= 0.3 is 5.97 Å². The van der Waals surface area contributed by atoms with E-state index in [1.54, 1.807) is 0 Å². The van der Waals surface area contributed by atoms with Gasteiger partial charge in [0.15, 0.2) is 0 Å². The third kappa shape index (κ3) is 3.57. The minimum atomic E-state index is -0.786. The van der Waals surface area contributed by atoms with Crippen LogP contribution in [0.25, 0.3) is 11.5 Å². The zero-order chi connectivity index (χ0) is 14.5. The SMILES string of the molecule is Cc1c(Cl)cccc1-c1nnc(CCCCC(=O)O)o1. The fourth-order valence-electron chi connectivity index (χ4n) is 1.86. The van der Waals surface area contributed by atoms with Gasteiger partial charge in [0.1, 0.15) is 0 Å². The van der Waals surface area contributed by atoms with Crippen LogP contribution in [0.2, 0.25) is 5.02 Å². The molecule has 0 saturated heterocycles. The van der Waals surface area contributed by atoms with Crippen LogP contribution >= 0.6 is 11.6 Å². The quantitative estimate of drug-likeness (QED) is 0.825. The minimum Gasteiger partial charge on any atom is -0.481 e. The molecular weight excluding hydrogens is 280 g/mol. The number of nitrogens with zero attached hydrogens (tertiary/aromatic N) is 2. The fourth-order valence-corrected chi connectivity index (χ4v) is 2.03. The lowest BCUT2D eigenvalue weighted by Gasteiger charge is -2.02.